The fourth-order valence-electron chi connectivity index (χ4n) is 4.03. The second-order valence-electron chi connectivity index (χ2n) is 7.86. The number of methoxy groups -OCH3 is 1. The van der Waals surface area contributed by atoms with Gasteiger partial charge in [-0.2, -0.15) is 5.26 Å². The highest BCUT2D eigenvalue weighted by Gasteiger charge is 2.15. The van der Waals surface area contributed by atoms with E-state index in [1.807, 2.05) is 68.4 Å². The lowest BCUT2D eigenvalue weighted by Gasteiger charge is -2.13. The van der Waals surface area contributed by atoms with E-state index in [0.717, 1.165) is 44.7 Å². The Labute approximate surface area is 193 Å². The Hall–Kier alpha value is -4.30. The predicted octanol–water partition coefficient (Wildman–Crippen LogP) is 5.48. The van der Waals surface area contributed by atoms with Crippen LogP contribution in [0.15, 0.2) is 78.4 Å². The maximum absolute atomic E-state index is 12.7. The van der Waals surface area contributed by atoms with Gasteiger partial charge in [-0.1, -0.05) is 48.5 Å². The third kappa shape index (κ3) is 4.51. The third-order valence-corrected chi connectivity index (χ3v) is 5.75. The van der Waals surface area contributed by atoms with Gasteiger partial charge in [-0.25, -0.2) is 0 Å². The summed E-state index contributed by atoms with van der Waals surface area (Å²) >= 11 is 0. The molecule has 3 aromatic carbocycles. The van der Waals surface area contributed by atoms with E-state index >= 15 is 0 Å². The second-order valence-corrected chi connectivity index (χ2v) is 7.86. The molecule has 1 aromatic heterocycles. The van der Waals surface area contributed by atoms with Crippen LogP contribution in [0.3, 0.4) is 0 Å². The van der Waals surface area contributed by atoms with E-state index in [1.54, 1.807) is 13.2 Å². The van der Waals surface area contributed by atoms with E-state index in [1.165, 1.54) is 0 Å². The van der Waals surface area contributed by atoms with Crippen molar-refractivity contribution in [2.75, 3.05) is 7.11 Å². The van der Waals surface area contributed by atoms with Crippen LogP contribution in [-0.4, -0.2) is 17.6 Å². The van der Waals surface area contributed by atoms with Crippen LogP contribution in [0.1, 0.15) is 22.5 Å². The minimum Gasteiger partial charge on any atom is -0.497 e. The smallest absolute Gasteiger partial charge is 0.262 e. The van der Waals surface area contributed by atoms with Crippen LogP contribution in [0.2, 0.25) is 0 Å². The van der Waals surface area contributed by atoms with Gasteiger partial charge in [-0.15, -0.1) is 0 Å². The van der Waals surface area contributed by atoms with E-state index in [2.05, 4.69) is 34.1 Å². The number of aryl methyl sites for hydroxylation is 1. The molecular formula is C28H25N3O2. The topological polar surface area (TPSA) is 67.0 Å². The molecule has 0 aliphatic carbocycles. The minimum absolute atomic E-state index is 0.0710. The van der Waals surface area contributed by atoms with Crippen molar-refractivity contribution in [3.05, 3.63) is 101 Å². The number of benzene rings is 3. The van der Waals surface area contributed by atoms with Crippen molar-refractivity contribution in [2.24, 2.45) is 0 Å². The molecule has 164 valence electrons. The molecule has 5 nitrogen and oxygen atoms in total. The highest BCUT2D eigenvalue weighted by atomic mass is 16.5. The largest absolute Gasteiger partial charge is 0.497 e. The highest BCUT2D eigenvalue weighted by molar-refractivity contribution is 6.02. The number of nitrogens with one attached hydrogen (secondary N) is 1. The normalized spacial score (nSPS) is 11.3. The molecule has 1 amide bonds. The zero-order chi connectivity index (χ0) is 23.4. The molecule has 1 N–H and O–H groups in total. The molecule has 33 heavy (non-hydrogen) atoms. The first-order valence-electron chi connectivity index (χ1n) is 10.7. The molecular weight excluding hydrogens is 410 g/mol. The van der Waals surface area contributed by atoms with Gasteiger partial charge in [0.15, 0.2) is 0 Å². The zero-order valence-electron chi connectivity index (χ0n) is 18.9. The molecule has 0 atom stereocenters. The van der Waals surface area contributed by atoms with Crippen molar-refractivity contribution < 1.29 is 9.53 Å². The number of rotatable bonds is 6. The van der Waals surface area contributed by atoms with Crippen LogP contribution < -0.4 is 10.1 Å². The van der Waals surface area contributed by atoms with Gasteiger partial charge in [0.2, 0.25) is 0 Å². The van der Waals surface area contributed by atoms with Gasteiger partial charge >= 0.3 is 0 Å². The van der Waals surface area contributed by atoms with Crippen molar-refractivity contribution in [3.63, 3.8) is 0 Å². The highest BCUT2D eigenvalue weighted by Crippen LogP contribution is 2.28. The third-order valence-electron chi connectivity index (χ3n) is 5.75. The SMILES string of the molecule is COc1ccc(CNC(=O)/C(C#N)=C\c2cc(C)n(-c3cccc4ccccc34)c2C)cc1. The van der Waals surface area contributed by atoms with Crippen LogP contribution in [0.25, 0.3) is 22.5 Å². The van der Waals surface area contributed by atoms with Gasteiger partial charge in [0, 0.05) is 23.3 Å². The molecule has 0 saturated heterocycles. The summed E-state index contributed by atoms with van der Waals surface area (Å²) in [6.07, 6.45) is 1.66. The number of carbonyl (C=O) groups is 1. The quantitative estimate of drug-likeness (QED) is 0.322. The molecule has 4 aromatic rings. The summed E-state index contributed by atoms with van der Waals surface area (Å²) in [7, 11) is 1.61. The number of nitriles is 1. The zero-order valence-corrected chi connectivity index (χ0v) is 18.9. The monoisotopic (exact) mass is 435 g/mol. The summed E-state index contributed by atoms with van der Waals surface area (Å²) in [5.41, 5.74) is 4.92. The van der Waals surface area contributed by atoms with Crippen molar-refractivity contribution in [1.82, 2.24) is 9.88 Å². The van der Waals surface area contributed by atoms with E-state index in [0.29, 0.717) is 6.54 Å². The molecule has 0 bridgehead atoms. The Kier molecular flexibility index (Phi) is 6.28. The first-order valence-corrected chi connectivity index (χ1v) is 10.7. The van der Waals surface area contributed by atoms with Crippen LogP contribution >= 0.6 is 0 Å². The second kappa shape index (κ2) is 9.46. The summed E-state index contributed by atoms with van der Waals surface area (Å²) in [5.74, 6) is 0.354. The number of amides is 1. The molecule has 0 saturated carbocycles. The molecule has 4 rings (SSSR count). The van der Waals surface area contributed by atoms with Crippen molar-refractivity contribution >= 4 is 22.8 Å². The van der Waals surface area contributed by atoms with Crippen molar-refractivity contribution in [3.8, 4) is 17.5 Å². The molecule has 0 radical (unpaired) electrons. The number of hydrogen-bond acceptors (Lipinski definition) is 3. The van der Waals surface area contributed by atoms with E-state index in [-0.39, 0.29) is 5.57 Å². The predicted molar refractivity (Wildman–Crippen MR) is 131 cm³/mol. The molecule has 1 heterocycles. The molecule has 0 aliphatic heterocycles. The molecule has 0 spiro atoms. The Morgan fingerprint density at radius 2 is 1.79 bits per heavy atom. The Balaban J connectivity index is 1.61. The fraction of sp³-hybridized carbons (Fsp3) is 0.143. The summed E-state index contributed by atoms with van der Waals surface area (Å²) in [4.78, 5) is 12.7. The van der Waals surface area contributed by atoms with Crippen LogP contribution in [0, 0.1) is 25.2 Å². The molecule has 0 unspecified atom stereocenters. The van der Waals surface area contributed by atoms with Crippen LogP contribution in [0.4, 0.5) is 0 Å². The number of aromatic nitrogens is 1. The Bertz CT molecular complexity index is 1380. The Morgan fingerprint density at radius 3 is 2.52 bits per heavy atom. The van der Waals surface area contributed by atoms with Gasteiger partial charge in [0.25, 0.3) is 5.91 Å². The van der Waals surface area contributed by atoms with Gasteiger partial charge in [-0.3, -0.25) is 4.79 Å². The number of carbonyl (C=O) groups excluding carboxylic acids is 1. The molecule has 0 aliphatic rings. The lowest BCUT2D eigenvalue weighted by atomic mass is 10.1. The maximum atomic E-state index is 12.7. The number of hydrogen-bond donors (Lipinski definition) is 1. The average molecular weight is 436 g/mol. The van der Waals surface area contributed by atoms with Gasteiger partial charge in [0.05, 0.1) is 12.8 Å². The van der Waals surface area contributed by atoms with Gasteiger partial charge in [-0.05, 0) is 60.7 Å². The first-order chi connectivity index (χ1) is 16.0. The summed E-state index contributed by atoms with van der Waals surface area (Å²) in [6, 6.07) is 26.0. The average Bonchev–Trinajstić information content (AvgIpc) is 3.13. The number of nitrogens with zero attached hydrogens (tertiary/aromatic N) is 2. The fourth-order valence-corrected chi connectivity index (χ4v) is 4.03. The standard InChI is InChI=1S/C28H25N3O2/c1-19-15-23(20(2)31(19)27-10-6-8-22-7-4-5-9-26(22)27)16-24(17-29)28(32)30-18-21-11-13-25(33-3)14-12-21/h4-16H,18H2,1-3H3,(H,30,32)/b24-16-. The summed E-state index contributed by atoms with van der Waals surface area (Å²) < 4.78 is 7.32. The number of ether oxygens (including phenoxy) is 1. The number of fused-ring (bicyclic) bond motifs is 1. The van der Waals surface area contributed by atoms with Crippen LogP contribution in [0.5, 0.6) is 5.75 Å². The maximum Gasteiger partial charge on any atom is 0.262 e. The summed E-state index contributed by atoms with van der Waals surface area (Å²) in [5, 5.41) is 14.8. The lowest BCUT2D eigenvalue weighted by Crippen LogP contribution is -2.23. The van der Waals surface area contributed by atoms with E-state index < -0.39 is 5.91 Å². The van der Waals surface area contributed by atoms with Gasteiger partial charge in [0.1, 0.15) is 17.4 Å². The van der Waals surface area contributed by atoms with Crippen LogP contribution in [-0.2, 0) is 11.3 Å². The summed E-state index contributed by atoms with van der Waals surface area (Å²) in [6.45, 7) is 4.36. The van der Waals surface area contributed by atoms with E-state index in [4.69, 9.17) is 4.74 Å². The Morgan fingerprint density at radius 1 is 1.06 bits per heavy atom. The van der Waals surface area contributed by atoms with Gasteiger partial charge < -0.3 is 14.6 Å². The molecule has 0 fully saturated rings. The van der Waals surface area contributed by atoms with E-state index in [9.17, 15) is 10.1 Å². The molecule has 5 heteroatoms. The first kappa shape index (κ1) is 21.9. The van der Waals surface area contributed by atoms with Crippen molar-refractivity contribution in [1.29, 1.82) is 5.26 Å². The minimum atomic E-state index is -0.400. The van der Waals surface area contributed by atoms with Crippen molar-refractivity contribution in [2.45, 2.75) is 20.4 Å². The lowest BCUT2D eigenvalue weighted by molar-refractivity contribution is -0.117.